The van der Waals surface area contributed by atoms with Crippen molar-refractivity contribution in [2.75, 3.05) is 0 Å². The molecule has 0 saturated heterocycles. The molecule has 0 N–H and O–H groups in total. The van der Waals surface area contributed by atoms with Gasteiger partial charge in [-0.15, -0.1) is 0 Å². The third-order valence-corrected chi connectivity index (χ3v) is 3.16. The van der Waals surface area contributed by atoms with Gasteiger partial charge in [0.25, 0.3) is 0 Å². The van der Waals surface area contributed by atoms with Gasteiger partial charge in [-0.3, -0.25) is 4.98 Å². The zero-order chi connectivity index (χ0) is 14.5. The second-order valence-electron chi connectivity index (χ2n) is 5.33. The van der Waals surface area contributed by atoms with Gasteiger partial charge in [-0.1, -0.05) is 7.43 Å². The number of hydrogen-bond donors (Lipinski definition) is 0. The van der Waals surface area contributed by atoms with Crippen LogP contribution in [0.15, 0.2) is 49.3 Å². The van der Waals surface area contributed by atoms with Crippen LogP contribution in [-0.4, -0.2) is 19.1 Å². The molecule has 0 unspecified atom stereocenters. The summed E-state index contributed by atoms with van der Waals surface area (Å²) in [5, 5.41) is 0. The SMILES string of the molecule is C.CC(C)n1cccc2nccc1-2.CC(C)n1ccnc1. The van der Waals surface area contributed by atoms with Crippen LogP contribution in [0.3, 0.4) is 0 Å². The summed E-state index contributed by atoms with van der Waals surface area (Å²) >= 11 is 0. The average Bonchev–Trinajstić information content (AvgIpc) is 3.10. The Bertz CT molecular complexity index is 593. The Labute approximate surface area is 127 Å². The molecule has 21 heavy (non-hydrogen) atoms. The number of imidazole rings is 1. The van der Waals surface area contributed by atoms with E-state index in [2.05, 4.69) is 59.1 Å². The Kier molecular flexibility index (Phi) is 6.15. The standard InChI is InChI=1S/C10H12N2.C6H10N2.CH4/c1-8(2)12-7-3-4-9-10(12)5-6-11-9;1-6(2)8-4-3-7-5-8;/h3-8H,1-2H3;3-6H,1-2H3;1H4. The Morgan fingerprint density at radius 1 is 0.952 bits per heavy atom. The first-order valence-corrected chi connectivity index (χ1v) is 6.98. The molecule has 3 rings (SSSR count). The third kappa shape index (κ3) is 4.18. The Hall–Kier alpha value is -2.10. The molecule has 0 amide bonds. The van der Waals surface area contributed by atoms with E-state index in [1.807, 2.05) is 30.9 Å². The summed E-state index contributed by atoms with van der Waals surface area (Å²) in [5.41, 5.74) is 2.29. The van der Waals surface area contributed by atoms with Crippen molar-refractivity contribution in [1.29, 1.82) is 0 Å². The molecule has 0 bridgehead atoms. The highest BCUT2D eigenvalue weighted by molar-refractivity contribution is 5.56. The van der Waals surface area contributed by atoms with Crippen molar-refractivity contribution in [2.24, 2.45) is 0 Å². The molecule has 0 atom stereocenters. The van der Waals surface area contributed by atoms with Gasteiger partial charge in [0.05, 0.1) is 17.7 Å². The molecule has 0 aromatic carbocycles. The van der Waals surface area contributed by atoms with Crippen molar-refractivity contribution in [2.45, 2.75) is 47.2 Å². The Morgan fingerprint density at radius 2 is 1.71 bits per heavy atom. The van der Waals surface area contributed by atoms with E-state index in [1.165, 1.54) is 5.69 Å². The predicted octanol–water partition coefficient (Wildman–Crippen LogP) is 4.67. The number of fused-ring (bicyclic) bond motifs is 1. The van der Waals surface area contributed by atoms with Gasteiger partial charge >= 0.3 is 0 Å². The van der Waals surface area contributed by atoms with Crippen LogP contribution in [0.4, 0.5) is 0 Å². The van der Waals surface area contributed by atoms with Crippen molar-refractivity contribution in [3.8, 4) is 11.4 Å². The second kappa shape index (κ2) is 7.62. The van der Waals surface area contributed by atoms with Crippen molar-refractivity contribution in [1.82, 2.24) is 19.1 Å². The fourth-order valence-electron chi connectivity index (χ4n) is 2.02. The van der Waals surface area contributed by atoms with Crippen LogP contribution >= 0.6 is 0 Å². The van der Waals surface area contributed by atoms with Crippen LogP contribution < -0.4 is 0 Å². The lowest BCUT2D eigenvalue weighted by molar-refractivity contribution is 0.600. The molecule has 1 aromatic heterocycles. The van der Waals surface area contributed by atoms with Crippen LogP contribution in [0.2, 0.25) is 0 Å². The third-order valence-electron chi connectivity index (χ3n) is 3.16. The Balaban J connectivity index is 0.000000216. The molecule has 0 fully saturated rings. The summed E-state index contributed by atoms with van der Waals surface area (Å²) in [6.45, 7) is 8.60. The van der Waals surface area contributed by atoms with Gasteiger partial charge in [0.2, 0.25) is 0 Å². The van der Waals surface area contributed by atoms with Crippen LogP contribution in [0.25, 0.3) is 11.4 Å². The lowest BCUT2D eigenvalue weighted by Crippen LogP contribution is -2.03. The van der Waals surface area contributed by atoms with Crippen molar-refractivity contribution in [3.63, 3.8) is 0 Å². The van der Waals surface area contributed by atoms with E-state index in [0.717, 1.165) is 5.69 Å². The van der Waals surface area contributed by atoms with Gasteiger partial charge in [0.15, 0.2) is 0 Å². The molecule has 2 aliphatic heterocycles. The fraction of sp³-hybridized carbons (Fsp3) is 0.412. The maximum atomic E-state index is 4.24. The molecular weight excluding hydrogens is 260 g/mol. The quantitative estimate of drug-likeness (QED) is 0.686. The van der Waals surface area contributed by atoms with Crippen LogP contribution in [0.1, 0.15) is 47.2 Å². The van der Waals surface area contributed by atoms with E-state index in [1.54, 1.807) is 6.20 Å². The van der Waals surface area contributed by atoms with Crippen LogP contribution in [0.5, 0.6) is 0 Å². The maximum absolute atomic E-state index is 4.24. The number of rotatable bonds is 2. The van der Waals surface area contributed by atoms with Crippen LogP contribution in [0, 0.1) is 0 Å². The molecule has 114 valence electrons. The molecule has 2 aliphatic rings. The highest BCUT2D eigenvalue weighted by Crippen LogP contribution is 2.22. The highest BCUT2D eigenvalue weighted by atomic mass is 15.0. The minimum Gasteiger partial charge on any atom is -0.344 e. The number of hydrogen-bond acceptors (Lipinski definition) is 2. The highest BCUT2D eigenvalue weighted by Gasteiger charge is 2.07. The number of aromatic nitrogens is 4. The van der Waals surface area contributed by atoms with Crippen molar-refractivity contribution < 1.29 is 0 Å². The van der Waals surface area contributed by atoms with Crippen LogP contribution in [-0.2, 0) is 0 Å². The van der Waals surface area contributed by atoms with E-state index < -0.39 is 0 Å². The smallest absolute Gasteiger partial charge is 0.0948 e. The summed E-state index contributed by atoms with van der Waals surface area (Å²) in [7, 11) is 0. The van der Waals surface area contributed by atoms with Crippen molar-refractivity contribution in [3.05, 3.63) is 49.3 Å². The van der Waals surface area contributed by atoms with Gasteiger partial charge in [-0.2, -0.15) is 0 Å². The molecule has 4 nitrogen and oxygen atoms in total. The summed E-state index contributed by atoms with van der Waals surface area (Å²) in [6.07, 6.45) is 9.52. The first-order valence-electron chi connectivity index (χ1n) is 6.98. The zero-order valence-electron chi connectivity index (χ0n) is 12.6. The summed E-state index contributed by atoms with van der Waals surface area (Å²) < 4.78 is 4.28. The molecule has 4 heteroatoms. The van der Waals surface area contributed by atoms with Gasteiger partial charge in [-0.05, 0) is 45.9 Å². The monoisotopic (exact) mass is 286 g/mol. The molecule has 0 spiro atoms. The number of pyridine rings is 1. The van der Waals surface area contributed by atoms with E-state index in [4.69, 9.17) is 0 Å². The minimum atomic E-state index is 0. The summed E-state index contributed by atoms with van der Waals surface area (Å²) in [5.74, 6) is 0. The first-order chi connectivity index (χ1) is 9.59. The lowest BCUT2D eigenvalue weighted by atomic mass is 10.2. The second-order valence-corrected chi connectivity index (χ2v) is 5.33. The number of nitrogens with zero attached hydrogens (tertiary/aromatic N) is 4. The van der Waals surface area contributed by atoms with Gasteiger partial charge in [0, 0.05) is 36.9 Å². The zero-order valence-corrected chi connectivity index (χ0v) is 12.6. The minimum absolute atomic E-state index is 0. The molecule has 0 saturated carbocycles. The van der Waals surface area contributed by atoms with Crippen molar-refractivity contribution >= 4 is 0 Å². The van der Waals surface area contributed by atoms with Gasteiger partial charge in [-0.25, -0.2) is 4.98 Å². The molecular formula is C17H26N4. The Morgan fingerprint density at radius 3 is 2.24 bits per heavy atom. The predicted molar refractivity (Wildman–Crippen MR) is 88.6 cm³/mol. The van der Waals surface area contributed by atoms with E-state index >= 15 is 0 Å². The molecule has 3 heterocycles. The van der Waals surface area contributed by atoms with E-state index in [-0.39, 0.29) is 7.43 Å². The molecule has 0 aliphatic carbocycles. The normalized spacial score (nSPS) is 10.4. The topological polar surface area (TPSA) is 35.6 Å². The largest absolute Gasteiger partial charge is 0.344 e. The molecule has 1 aromatic rings. The van der Waals surface area contributed by atoms with Gasteiger partial charge in [0.1, 0.15) is 0 Å². The van der Waals surface area contributed by atoms with E-state index in [9.17, 15) is 0 Å². The van der Waals surface area contributed by atoms with E-state index in [0.29, 0.717) is 12.1 Å². The average molecular weight is 286 g/mol. The maximum Gasteiger partial charge on any atom is 0.0948 e. The van der Waals surface area contributed by atoms with Gasteiger partial charge < -0.3 is 9.13 Å². The molecule has 0 radical (unpaired) electrons. The first kappa shape index (κ1) is 17.0. The fourth-order valence-corrected chi connectivity index (χ4v) is 2.02. The lowest BCUT2D eigenvalue weighted by Gasteiger charge is -2.14. The summed E-state index contributed by atoms with van der Waals surface area (Å²) in [4.78, 5) is 8.15. The summed E-state index contributed by atoms with van der Waals surface area (Å²) in [6, 6.07) is 7.16.